The van der Waals surface area contributed by atoms with E-state index in [4.69, 9.17) is 16.7 Å². The van der Waals surface area contributed by atoms with E-state index in [1.165, 1.54) is 0 Å². The van der Waals surface area contributed by atoms with Crippen LogP contribution in [-0.2, 0) is 0 Å². The van der Waals surface area contributed by atoms with Gasteiger partial charge >= 0.3 is 0 Å². The molecule has 1 aliphatic rings. The zero-order chi connectivity index (χ0) is 15.8. The lowest BCUT2D eigenvalue weighted by atomic mass is 10.0. The molecule has 0 spiro atoms. The maximum absolute atomic E-state index is 8.92. The first kappa shape index (κ1) is 16.9. The van der Waals surface area contributed by atoms with Gasteiger partial charge < -0.3 is 20.6 Å². The van der Waals surface area contributed by atoms with Crippen LogP contribution in [0.5, 0.6) is 0 Å². The zero-order valence-corrected chi connectivity index (χ0v) is 13.8. The van der Waals surface area contributed by atoms with Gasteiger partial charge in [-0.05, 0) is 31.9 Å². The normalized spacial score (nSPS) is 19.1. The molecule has 1 atom stereocenters. The second kappa shape index (κ2) is 8.86. The molecule has 0 radical (unpaired) electrons. The van der Waals surface area contributed by atoms with Gasteiger partial charge in [0, 0.05) is 25.7 Å². The number of piperidine rings is 1. The van der Waals surface area contributed by atoms with Gasteiger partial charge in [-0.15, -0.1) is 0 Å². The van der Waals surface area contributed by atoms with Crippen LogP contribution in [0.2, 0.25) is 5.02 Å². The van der Waals surface area contributed by atoms with Crippen molar-refractivity contribution in [3.8, 4) is 0 Å². The SMILES string of the molecule is CCNC(=NCCO)NC1CCCN(c2ccccc2Cl)C1. The molecule has 6 heteroatoms. The zero-order valence-electron chi connectivity index (χ0n) is 13.1. The number of anilines is 1. The Morgan fingerprint density at radius 1 is 1.45 bits per heavy atom. The molecule has 0 amide bonds. The Hall–Kier alpha value is -1.46. The summed E-state index contributed by atoms with van der Waals surface area (Å²) in [4.78, 5) is 6.66. The van der Waals surface area contributed by atoms with Gasteiger partial charge in [0.15, 0.2) is 5.96 Å². The van der Waals surface area contributed by atoms with Crippen LogP contribution in [0.3, 0.4) is 0 Å². The van der Waals surface area contributed by atoms with Crippen molar-refractivity contribution in [2.24, 2.45) is 4.99 Å². The Morgan fingerprint density at radius 3 is 3.00 bits per heavy atom. The second-order valence-electron chi connectivity index (χ2n) is 5.37. The van der Waals surface area contributed by atoms with E-state index in [-0.39, 0.29) is 6.61 Å². The van der Waals surface area contributed by atoms with Gasteiger partial charge in [-0.2, -0.15) is 0 Å². The molecule has 1 saturated heterocycles. The van der Waals surface area contributed by atoms with Crippen molar-refractivity contribution in [2.45, 2.75) is 25.8 Å². The first-order valence-corrected chi connectivity index (χ1v) is 8.27. The molecular weight excluding hydrogens is 300 g/mol. The van der Waals surface area contributed by atoms with Gasteiger partial charge in [0.1, 0.15) is 0 Å². The Morgan fingerprint density at radius 2 is 2.27 bits per heavy atom. The predicted octanol–water partition coefficient (Wildman–Crippen LogP) is 1.86. The third-order valence-electron chi connectivity index (χ3n) is 3.67. The molecule has 0 saturated carbocycles. The van der Waals surface area contributed by atoms with Gasteiger partial charge in [-0.3, -0.25) is 4.99 Å². The Labute approximate surface area is 137 Å². The lowest BCUT2D eigenvalue weighted by Gasteiger charge is -2.35. The number of nitrogens with zero attached hydrogens (tertiary/aromatic N) is 2. The molecule has 0 aliphatic carbocycles. The predicted molar refractivity (Wildman–Crippen MR) is 92.9 cm³/mol. The Kier molecular flexibility index (Phi) is 6.80. The molecule has 5 nitrogen and oxygen atoms in total. The molecule has 122 valence electrons. The smallest absolute Gasteiger partial charge is 0.191 e. The monoisotopic (exact) mass is 324 g/mol. The Bertz CT molecular complexity index is 495. The molecular formula is C16H25ClN4O. The topological polar surface area (TPSA) is 59.9 Å². The van der Waals surface area contributed by atoms with E-state index in [2.05, 4.69) is 26.6 Å². The standard InChI is InChI=1S/C16H25ClN4O/c1-2-18-16(19-9-11-22)20-13-6-5-10-21(12-13)15-8-4-3-7-14(15)17/h3-4,7-8,13,22H,2,5-6,9-12H2,1H3,(H2,18,19,20). The number of halogens is 1. The number of aliphatic hydroxyl groups excluding tert-OH is 1. The van der Waals surface area contributed by atoms with Crippen LogP contribution in [0.1, 0.15) is 19.8 Å². The van der Waals surface area contributed by atoms with Crippen LogP contribution >= 0.6 is 11.6 Å². The molecule has 3 N–H and O–H groups in total. The first-order chi connectivity index (χ1) is 10.7. The van der Waals surface area contributed by atoms with Crippen LogP contribution in [0.4, 0.5) is 5.69 Å². The quantitative estimate of drug-likeness (QED) is 0.571. The summed E-state index contributed by atoms with van der Waals surface area (Å²) in [5, 5.41) is 16.4. The minimum atomic E-state index is 0.0625. The number of benzene rings is 1. The van der Waals surface area contributed by atoms with E-state index in [0.29, 0.717) is 12.6 Å². The molecule has 22 heavy (non-hydrogen) atoms. The highest BCUT2D eigenvalue weighted by atomic mass is 35.5. The summed E-state index contributed by atoms with van der Waals surface area (Å²) >= 11 is 6.30. The van der Waals surface area contributed by atoms with Crippen molar-refractivity contribution < 1.29 is 5.11 Å². The molecule has 1 aromatic rings. The van der Waals surface area contributed by atoms with Crippen molar-refractivity contribution in [2.75, 3.05) is 37.7 Å². The third kappa shape index (κ3) is 4.78. The van der Waals surface area contributed by atoms with Gasteiger partial charge in [-0.25, -0.2) is 0 Å². The second-order valence-corrected chi connectivity index (χ2v) is 5.77. The minimum absolute atomic E-state index is 0.0625. The lowest BCUT2D eigenvalue weighted by Crippen LogP contribution is -2.51. The summed E-state index contributed by atoms with van der Waals surface area (Å²) in [5.74, 6) is 0.766. The van der Waals surface area contributed by atoms with Gasteiger partial charge in [0.05, 0.1) is 23.9 Å². The highest BCUT2D eigenvalue weighted by molar-refractivity contribution is 6.33. The number of guanidine groups is 1. The van der Waals surface area contributed by atoms with Crippen LogP contribution in [0.15, 0.2) is 29.3 Å². The van der Waals surface area contributed by atoms with E-state index in [1.54, 1.807) is 0 Å². The van der Waals surface area contributed by atoms with Crippen molar-refractivity contribution in [1.82, 2.24) is 10.6 Å². The molecule has 1 fully saturated rings. The summed E-state index contributed by atoms with van der Waals surface area (Å²) in [6.07, 6.45) is 2.22. The van der Waals surface area contributed by atoms with Gasteiger partial charge in [0.2, 0.25) is 0 Å². The number of aliphatic hydroxyl groups is 1. The highest BCUT2D eigenvalue weighted by Gasteiger charge is 2.22. The maximum atomic E-state index is 8.92. The molecule has 2 rings (SSSR count). The van der Waals surface area contributed by atoms with Gasteiger partial charge in [-0.1, -0.05) is 23.7 Å². The Balaban J connectivity index is 1.99. The summed E-state index contributed by atoms with van der Waals surface area (Å²) in [5.41, 5.74) is 1.09. The van der Waals surface area contributed by atoms with Crippen LogP contribution in [-0.4, -0.2) is 49.9 Å². The van der Waals surface area contributed by atoms with E-state index in [0.717, 1.165) is 49.1 Å². The summed E-state index contributed by atoms with van der Waals surface area (Å²) in [6, 6.07) is 8.29. The fourth-order valence-corrected chi connectivity index (χ4v) is 2.95. The lowest BCUT2D eigenvalue weighted by molar-refractivity contribution is 0.306. The van der Waals surface area contributed by atoms with Crippen molar-refractivity contribution in [3.05, 3.63) is 29.3 Å². The summed E-state index contributed by atoms with van der Waals surface area (Å²) < 4.78 is 0. The molecule has 1 aliphatic heterocycles. The maximum Gasteiger partial charge on any atom is 0.191 e. The average Bonchev–Trinajstić information content (AvgIpc) is 2.53. The molecule has 1 aromatic carbocycles. The van der Waals surface area contributed by atoms with E-state index < -0.39 is 0 Å². The van der Waals surface area contributed by atoms with Crippen molar-refractivity contribution >= 4 is 23.2 Å². The summed E-state index contributed by atoms with van der Waals surface area (Å²) in [6.45, 7) is 5.23. The van der Waals surface area contributed by atoms with E-state index >= 15 is 0 Å². The van der Waals surface area contributed by atoms with Crippen LogP contribution in [0, 0.1) is 0 Å². The van der Waals surface area contributed by atoms with Crippen molar-refractivity contribution in [1.29, 1.82) is 0 Å². The number of para-hydroxylation sites is 1. The van der Waals surface area contributed by atoms with Crippen LogP contribution in [0.25, 0.3) is 0 Å². The third-order valence-corrected chi connectivity index (χ3v) is 3.99. The first-order valence-electron chi connectivity index (χ1n) is 7.89. The summed E-state index contributed by atoms with van der Waals surface area (Å²) in [7, 11) is 0. The number of hydrogen-bond acceptors (Lipinski definition) is 3. The van der Waals surface area contributed by atoms with E-state index in [1.807, 2.05) is 25.1 Å². The van der Waals surface area contributed by atoms with Gasteiger partial charge in [0.25, 0.3) is 0 Å². The number of rotatable bonds is 5. The molecule has 0 aromatic heterocycles. The van der Waals surface area contributed by atoms with Crippen molar-refractivity contribution in [3.63, 3.8) is 0 Å². The number of nitrogens with one attached hydrogen (secondary N) is 2. The van der Waals surface area contributed by atoms with E-state index in [9.17, 15) is 0 Å². The number of hydrogen-bond donors (Lipinski definition) is 3. The average molecular weight is 325 g/mol. The molecule has 1 unspecified atom stereocenters. The number of aliphatic imine (C=N–C) groups is 1. The fourth-order valence-electron chi connectivity index (χ4n) is 2.70. The molecule has 1 heterocycles. The highest BCUT2D eigenvalue weighted by Crippen LogP contribution is 2.27. The minimum Gasteiger partial charge on any atom is -0.394 e. The fraction of sp³-hybridized carbons (Fsp3) is 0.562. The largest absolute Gasteiger partial charge is 0.394 e. The van der Waals surface area contributed by atoms with Crippen LogP contribution < -0.4 is 15.5 Å². The molecule has 0 bridgehead atoms.